The zero-order chi connectivity index (χ0) is 13.1. The van der Waals surface area contributed by atoms with Crippen LogP contribution in [0.3, 0.4) is 0 Å². The van der Waals surface area contributed by atoms with Gasteiger partial charge in [0.15, 0.2) is 6.04 Å². The molecule has 0 aromatic carbocycles. The summed E-state index contributed by atoms with van der Waals surface area (Å²) in [6.45, 7) is 1.40. The van der Waals surface area contributed by atoms with E-state index in [0.717, 1.165) is 0 Å². The molecular weight excluding hydrogens is 224 g/mol. The second-order valence-corrected chi connectivity index (χ2v) is 4.44. The maximum Gasteiger partial charge on any atom is 0.330 e. The molecule has 0 aromatic heterocycles. The minimum Gasteiger partial charge on any atom is -0.467 e. The number of nitrogens with zero attached hydrogens (tertiary/aromatic N) is 1. The van der Waals surface area contributed by atoms with Crippen molar-refractivity contribution in [3.63, 3.8) is 0 Å². The monoisotopic (exact) mass is 240 g/mol. The highest BCUT2D eigenvalue weighted by Crippen LogP contribution is 2.45. The highest BCUT2D eigenvalue weighted by Gasteiger charge is 2.49. The second kappa shape index (κ2) is 5.15. The highest BCUT2D eigenvalue weighted by atomic mass is 16.5. The van der Waals surface area contributed by atoms with Crippen molar-refractivity contribution in [1.82, 2.24) is 5.32 Å². The molecule has 0 radical (unpaired) electrons. The van der Waals surface area contributed by atoms with Crippen LogP contribution in [0.5, 0.6) is 0 Å². The summed E-state index contributed by atoms with van der Waals surface area (Å²) in [4.78, 5) is 23.0. The van der Waals surface area contributed by atoms with Crippen molar-refractivity contribution in [3.05, 3.63) is 0 Å². The average molecular weight is 240 g/mol. The number of aliphatic hydroxyl groups is 1. The number of esters is 1. The van der Waals surface area contributed by atoms with Gasteiger partial charge in [-0.3, -0.25) is 4.79 Å². The number of rotatable bonds is 4. The summed E-state index contributed by atoms with van der Waals surface area (Å²) < 4.78 is 4.43. The number of methoxy groups -OCH3 is 1. The van der Waals surface area contributed by atoms with Crippen LogP contribution in [-0.4, -0.2) is 36.7 Å². The molecule has 2 N–H and O–H groups in total. The molecule has 0 spiro atoms. The van der Waals surface area contributed by atoms with Gasteiger partial charge in [-0.15, -0.1) is 0 Å². The van der Waals surface area contributed by atoms with Crippen molar-refractivity contribution in [2.45, 2.75) is 25.8 Å². The summed E-state index contributed by atoms with van der Waals surface area (Å²) in [5.74, 6) is -0.907. The number of aliphatic hydroxyl groups excluding tert-OH is 1. The van der Waals surface area contributed by atoms with E-state index in [9.17, 15) is 9.59 Å². The standard InChI is InChI=1S/C11H16N2O4/c1-7-3-11(4-7,6-12)10(16)13-8(5-14)9(15)17-2/h7-8,14H,3-5H2,1-2H3,(H,13,16). The Morgan fingerprint density at radius 3 is 2.59 bits per heavy atom. The molecule has 1 fully saturated rings. The molecule has 0 heterocycles. The molecule has 0 saturated heterocycles. The summed E-state index contributed by atoms with van der Waals surface area (Å²) in [6, 6.07) is 0.883. The molecule has 1 saturated carbocycles. The van der Waals surface area contributed by atoms with Crippen molar-refractivity contribution in [2.24, 2.45) is 11.3 Å². The number of hydrogen-bond acceptors (Lipinski definition) is 5. The van der Waals surface area contributed by atoms with Crippen LogP contribution in [0.2, 0.25) is 0 Å². The van der Waals surface area contributed by atoms with E-state index in [1.165, 1.54) is 7.11 Å². The molecule has 0 bridgehead atoms. The van der Waals surface area contributed by atoms with Gasteiger partial charge in [0.2, 0.25) is 5.91 Å². The topological polar surface area (TPSA) is 99.4 Å². The van der Waals surface area contributed by atoms with Gasteiger partial charge in [-0.25, -0.2) is 4.79 Å². The first-order chi connectivity index (χ1) is 7.99. The smallest absolute Gasteiger partial charge is 0.330 e. The molecule has 1 atom stereocenters. The third-order valence-electron chi connectivity index (χ3n) is 3.02. The van der Waals surface area contributed by atoms with Crippen molar-refractivity contribution < 1.29 is 19.4 Å². The Labute approximate surface area is 99.6 Å². The van der Waals surface area contributed by atoms with Gasteiger partial charge in [0.05, 0.1) is 19.8 Å². The Bertz CT molecular complexity index is 355. The fourth-order valence-corrected chi connectivity index (χ4v) is 2.08. The third kappa shape index (κ3) is 2.56. The van der Waals surface area contributed by atoms with Crippen molar-refractivity contribution in [2.75, 3.05) is 13.7 Å². The minimum absolute atomic E-state index is 0.325. The van der Waals surface area contributed by atoms with E-state index in [1.54, 1.807) is 0 Å². The van der Waals surface area contributed by atoms with Crippen LogP contribution in [0.25, 0.3) is 0 Å². The lowest BCUT2D eigenvalue weighted by molar-refractivity contribution is -0.148. The van der Waals surface area contributed by atoms with Gasteiger partial charge in [-0.2, -0.15) is 5.26 Å². The predicted molar refractivity (Wildman–Crippen MR) is 57.5 cm³/mol. The third-order valence-corrected chi connectivity index (χ3v) is 3.02. The molecule has 17 heavy (non-hydrogen) atoms. The number of amides is 1. The molecule has 1 aliphatic carbocycles. The lowest BCUT2D eigenvalue weighted by Gasteiger charge is -2.39. The van der Waals surface area contributed by atoms with E-state index in [0.29, 0.717) is 18.8 Å². The van der Waals surface area contributed by atoms with Crippen LogP contribution >= 0.6 is 0 Å². The Morgan fingerprint density at radius 1 is 1.65 bits per heavy atom. The number of carbonyl (C=O) groups excluding carboxylic acids is 2. The number of nitrogens with one attached hydrogen (secondary N) is 1. The number of nitriles is 1. The summed E-state index contributed by atoms with van der Waals surface area (Å²) in [5, 5.41) is 20.3. The summed E-state index contributed by atoms with van der Waals surface area (Å²) in [6.07, 6.45) is 0.962. The van der Waals surface area contributed by atoms with Crippen LogP contribution < -0.4 is 5.32 Å². The maximum atomic E-state index is 11.9. The van der Waals surface area contributed by atoms with Crippen LogP contribution in [0.15, 0.2) is 0 Å². The largest absolute Gasteiger partial charge is 0.467 e. The van der Waals surface area contributed by atoms with E-state index < -0.39 is 29.9 Å². The lowest BCUT2D eigenvalue weighted by Crippen LogP contribution is -2.54. The van der Waals surface area contributed by atoms with E-state index >= 15 is 0 Å². The zero-order valence-corrected chi connectivity index (χ0v) is 9.90. The Balaban J connectivity index is 2.65. The van der Waals surface area contributed by atoms with E-state index in [-0.39, 0.29) is 0 Å². The van der Waals surface area contributed by atoms with Crippen molar-refractivity contribution >= 4 is 11.9 Å². The Kier molecular flexibility index (Phi) is 4.07. The molecular formula is C11H16N2O4. The fourth-order valence-electron chi connectivity index (χ4n) is 2.08. The van der Waals surface area contributed by atoms with E-state index in [4.69, 9.17) is 10.4 Å². The van der Waals surface area contributed by atoms with Gasteiger partial charge in [-0.05, 0) is 18.8 Å². The quantitative estimate of drug-likeness (QED) is 0.650. The van der Waals surface area contributed by atoms with Crippen molar-refractivity contribution in [1.29, 1.82) is 5.26 Å². The molecule has 1 amide bonds. The molecule has 1 aliphatic rings. The SMILES string of the molecule is COC(=O)C(CO)NC(=O)C1(C#N)CC(C)C1. The van der Waals surface area contributed by atoms with Crippen LogP contribution in [0, 0.1) is 22.7 Å². The number of hydrogen-bond donors (Lipinski definition) is 2. The van der Waals surface area contributed by atoms with E-state index in [2.05, 4.69) is 10.1 Å². The molecule has 1 unspecified atom stereocenters. The molecule has 0 aromatic rings. The van der Waals surface area contributed by atoms with Crippen LogP contribution in [-0.2, 0) is 14.3 Å². The van der Waals surface area contributed by atoms with Gasteiger partial charge in [0.25, 0.3) is 0 Å². The molecule has 94 valence electrons. The Morgan fingerprint density at radius 2 is 2.24 bits per heavy atom. The van der Waals surface area contributed by atoms with E-state index in [1.807, 2.05) is 13.0 Å². The normalized spacial score (nSPS) is 28.5. The first kappa shape index (κ1) is 13.5. The first-order valence-corrected chi connectivity index (χ1v) is 5.40. The highest BCUT2D eigenvalue weighted by molar-refractivity contribution is 5.90. The van der Waals surface area contributed by atoms with Gasteiger partial charge >= 0.3 is 5.97 Å². The first-order valence-electron chi connectivity index (χ1n) is 5.40. The fraction of sp³-hybridized carbons (Fsp3) is 0.727. The summed E-state index contributed by atoms with van der Waals surface area (Å²) in [7, 11) is 1.17. The second-order valence-electron chi connectivity index (χ2n) is 4.44. The maximum absolute atomic E-state index is 11.9. The van der Waals surface area contributed by atoms with Gasteiger partial charge in [-0.1, -0.05) is 6.92 Å². The van der Waals surface area contributed by atoms with Crippen LogP contribution in [0.4, 0.5) is 0 Å². The Hall–Kier alpha value is -1.61. The lowest BCUT2D eigenvalue weighted by atomic mass is 9.63. The van der Waals surface area contributed by atoms with Gasteiger partial charge in [0, 0.05) is 0 Å². The number of ether oxygens (including phenoxy) is 1. The number of carbonyl (C=O) groups is 2. The average Bonchev–Trinajstić information content (AvgIpc) is 2.30. The van der Waals surface area contributed by atoms with Crippen molar-refractivity contribution in [3.8, 4) is 6.07 Å². The van der Waals surface area contributed by atoms with Gasteiger partial charge in [0.1, 0.15) is 5.41 Å². The summed E-state index contributed by atoms with van der Waals surface area (Å²) >= 11 is 0. The molecule has 1 rings (SSSR count). The predicted octanol–water partition coefficient (Wildman–Crippen LogP) is -0.424. The molecule has 0 aliphatic heterocycles. The van der Waals surface area contributed by atoms with Gasteiger partial charge < -0.3 is 15.2 Å². The molecule has 6 nitrogen and oxygen atoms in total. The summed E-state index contributed by atoms with van der Waals surface area (Å²) in [5.41, 5.74) is -1.05. The zero-order valence-electron chi connectivity index (χ0n) is 9.90. The minimum atomic E-state index is -1.10. The van der Waals surface area contributed by atoms with Crippen LogP contribution in [0.1, 0.15) is 19.8 Å². The molecule has 6 heteroatoms.